The van der Waals surface area contributed by atoms with Gasteiger partial charge in [0.15, 0.2) is 0 Å². The van der Waals surface area contributed by atoms with E-state index in [9.17, 15) is 9.59 Å². The first-order chi connectivity index (χ1) is 14.5. The third kappa shape index (κ3) is 3.99. The fourth-order valence-corrected chi connectivity index (χ4v) is 5.46. The molecule has 0 radical (unpaired) electrons. The number of anilines is 2. The fraction of sp³-hybridized carbons (Fsp3) is 0.391. The maximum absolute atomic E-state index is 12.7. The Kier molecular flexibility index (Phi) is 5.90. The van der Waals surface area contributed by atoms with Gasteiger partial charge in [-0.2, -0.15) is 0 Å². The second kappa shape index (κ2) is 8.60. The molecule has 158 valence electrons. The Morgan fingerprint density at radius 1 is 1.17 bits per heavy atom. The van der Waals surface area contributed by atoms with E-state index in [1.807, 2.05) is 58.3 Å². The molecule has 2 aliphatic rings. The van der Waals surface area contributed by atoms with Crippen LogP contribution in [-0.2, 0) is 11.2 Å². The number of rotatable bonds is 4. The van der Waals surface area contributed by atoms with E-state index in [-0.39, 0.29) is 16.8 Å². The highest BCUT2D eigenvalue weighted by Crippen LogP contribution is 2.47. The Morgan fingerprint density at radius 3 is 2.57 bits per heavy atom. The lowest BCUT2D eigenvalue weighted by molar-refractivity contribution is -0.116. The first kappa shape index (κ1) is 20.6. The SMILES string of the molecule is CCc1ccc(NC(=O)N2CCC3(CC2)SCC(=O)N3c2cccc(OC)c2)cc1. The molecule has 30 heavy (non-hydrogen) atoms. The zero-order valence-electron chi connectivity index (χ0n) is 17.4. The van der Waals surface area contributed by atoms with Gasteiger partial charge < -0.3 is 15.0 Å². The van der Waals surface area contributed by atoms with Gasteiger partial charge in [-0.3, -0.25) is 9.69 Å². The molecule has 1 spiro atoms. The maximum Gasteiger partial charge on any atom is 0.321 e. The van der Waals surface area contributed by atoms with Crippen molar-refractivity contribution in [1.29, 1.82) is 0 Å². The Labute approximate surface area is 181 Å². The predicted molar refractivity (Wildman–Crippen MR) is 121 cm³/mol. The highest BCUT2D eigenvalue weighted by atomic mass is 32.2. The van der Waals surface area contributed by atoms with Crippen LogP contribution in [0.1, 0.15) is 25.3 Å². The molecule has 2 saturated heterocycles. The van der Waals surface area contributed by atoms with Gasteiger partial charge in [-0.15, -0.1) is 11.8 Å². The van der Waals surface area contributed by atoms with E-state index in [1.165, 1.54) is 5.56 Å². The minimum absolute atomic E-state index is 0.0867. The van der Waals surface area contributed by atoms with E-state index in [0.29, 0.717) is 18.8 Å². The van der Waals surface area contributed by atoms with E-state index in [1.54, 1.807) is 18.9 Å². The summed E-state index contributed by atoms with van der Waals surface area (Å²) in [5.41, 5.74) is 2.91. The van der Waals surface area contributed by atoms with Crippen molar-refractivity contribution in [2.45, 2.75) is 31.1 Å². The van der Waals surface area contributed by atoms with Gasteiger partial charge in [0, 0.05) is 30.5 Å². The van der Waals surface area contributed by atoms with Crippen LogP contribution in [0, 0.1) is 0 Å². The topological polar surface area (TPSA) is 61.9 Å². The van der Waals surface area contributed by atoms with E-state index in [0.717, 1.165) is 36.4 Å². The summed E-state index contributed by atoms with van der Waals surface area (Å²) < 4.78 is 5.34. The van der Waals surface area contributed by atoms with Crippen LogP contribution in [0.2, 0.25) is 0 Å². The number of amides is 3. The Bertz CT molecular complexity index is 924. The Hall–Kier alpha value is -2.67. The number of nitrogens with one attached hydrogen (secondary N) is 1. The molecule has 2 aliphatic heterocycles. The standard InChI is InChI=1S/C23H27N3O3S/c1-3-17-7-9-18(10-8-17)24-22(28)25-13-11-23(12-14-25)26(21(27)16-30-23)19-5-4-6-20(15-19)29-2/h4-10,15H,3,11-14,16H2,1-2H3,(H,24,28). The molecule has 0 atom stereocenters. The number of thioether (sulfide) groups is 1. The van der Waals surface area contributed by atoms with Crippen LogP contribution >= 0.6 is 11.8 Å². The average Bonchev–Trinajstić information content (AvgIpc) is 3.10. The Balaban J connectivity index is 1.44. The molecule has 2 heterocycles. The predicted octanol–water partition coefficient (Wildman–Crippen LogP) is 4.36. The minimum atomic E-state index is -0.303. The van der Waals surface area contributed by atoms with Crippen molar-refractivity contribution in [2.24, 2.45) is 0 Å². The van der Waals surface area contributed by atoms with Crippen molar-refractivity contribution in [3.05, 3.63) is 54.1 Å². The minimum Gasteiger partial charge on any atom is -0.497 e. The maximum atomic E-state index is 12.7. The molecule has 0 aromatic heterocycles. The van der Waals surface area contributed by atoms with Crippen molar-refractivity contribution in [3.8, 4) is 5.75 Å². The van der Waals surface area contributed by atoms with Crippen molar-refractivity contribution in [2.75, 3.05) is 36.2 Å². The number of urea groups is 1. The second-order valence-corrected chi connectivity index (χ2v) is 8.97. The number of likely N-dealkylation sites (tertiary alicyclic amines) is 1. The quantitative estimate of drug-likeness (QED) is 0.791. The normalized spacial score (nSPS) is 18.0. The van der Waals surface area contributed by atoms with Gasteiger partial charge in [-0.25, -0.2) is 4.79 Å². The summed E-state index contributed by atoms with van der Waals surface area (Å²) in [4.78, 5) is 28.9. The van der Waals surface area contributed by atoms with Gasteiger partial charge in [0.25, 0.3) is 0 Å². The van der Waals surface area contributed by atoms with Crippen molar-refractivity contribution in [3.63, 3.8) is 0 Å². The van der Waals surface area contributed by atoms with Crippen LogP contribution in [0.25, 0.3) is 0 Å². The van der Waals surface area contributed by atoms with Crippen LogP contribution in [0.3, 0.4) is 0 Å². The van der Waals surface area contributed by atoms with Crippen LogP contribution < -0.4 is 15.0 Å². The van der Waals surface area contributed by atoms with E-state index in [2.05, 4.69) is 12.2 Å². The number of ether oxygens (including phenoxy) is 1. The largest absolute Gasteiger partial charge is 0.497 e. The lowest BCUT2D eigenvalue weighted by Gasteiger charge is -2.43. The van der Waals surface area contributed by atoms with Crippen molar-refractivity contribution in [1.82, 2.24) is 4.90 Å². The number of hydrogen-bond donors (Lipinski definition) is 1. The molecule has 2 aromatic carbocycles. The lowest BCUT2D eigenvalue weighted by Crippen LogP contribution is -2.53. The van der Waals surface area contributed by atoms with Crippen LogP contribution in [0.15, 0.2) is 48.5 Å². The molecule has 3 amide bonds. The average molecular weight is 426 g/mol. The zero-order valence-corrected chi connectivity index (χ0v) is 18.2. The Morgan fingerprint density at radius 2 is 1.90 bits per heavy atom. The number of carbonyl (C=O) groups is 2. The summed E-state index contributed by atoms with van der Waals surface area (Å²) in [6.45, 7) is 3.33. The van der Waals surface area contributed by atoms with Gasteiger partial charge in [0.05, 0.1) is 17.7 Å². The molecule has 0 bridgehead atoms. The summed E-state index contributed by atoms with van der Waals surface area (Å²) in [7, 11) is 1.63. The van der Waals surface area contributed by atoms with E-state index in [4.69, 9.17) is 4.74 Å². The first-order valence-corrected chi connectivity index (χ1v) is 11.3. The second-order valence-electron chi connectivity index (χ2n) is 7.63. The van der Waals surface area contributed by atoms with Crippen LogP contribution in [0.5, 0.6) is 5.75 Å². The molecule has 6 nitrogen and oxygen atoms in total. The lowest BCUT2D eigenvalue weighted by atomic mass is 10.0. The molecule has 7 heteroatoms. The summed E-state index contributed by atoms with van der Waals surface area (Å²) >= 11 is 1.69. The number of piperidine rings is 1. The number of hydrogen-bond acceptors (Lipinski definition) is 4. The van der Waals surface area contributed by atoms with Crippen molar-refractivity contribution >= 4 is 35.1 Å². The number of aryl methyl sites for hydroxylation is 1. The van der Waals surface area contributed by atoms with Gasteiger partial charge in [0.1, 0.15) is 5.75 Å². The summed E-state index contributed by atoms with van der Waals surface area (Å²) in [5, 5.41) is 2.99. The molecule has 0 unspecified atom stereocenters. The molecular formula is C23H27N3O3S. The first-order valence-electron chi connectivity index (χ1n) is 10.3. The highest BCUT2D eigenvalue weighted by molar-refractivity contribution is 8.02. The smallest absolute Gasteiger partial charge is 0.321 e. The summed E-state index contributed by atoms with van der Waals surface area (Å²) in [6.07, 6.45) is 2.45. The number of nitrogens with zero attached hydrogens (tertiary/aromatic N) is 2. The number of methoxy groups -OCH3 is 1. The molecular weight excluding hydrogens is 398 g/mol. The highest BCUT2D eigenvalue weighted by Gasteiger charge is 2.49. The van der Waals surface area contributed by atoms with Gasteiger partial charge >= 0.3 is 6.03 Å². The van der Waals surface area contributed by atoms with Gasteiger partial charge in [-0.1, -0.05) is 25.1 Å². The van der Waals surface area contributed by atoms with E-state index < -0.39 is 0 Å². The van der Waals surface area contributed by atoms with Gasteiger partial charge in [-0.05, 0) is 49.1 Å². The van der Waals surface area contributed by atoms with Gasteiger partial charge in [0.2, 0.25) is 5.91 Å². The van der Waals surface area contributed by atoms with Crippen LogP contribution in [-0.4, -0.2) is 47.7 Å². The summed E-state index contributed by atoms with van der Waals surface area (Å²) in [6, 6.07) is 15.5. The number of benzene rings is 2. The molecule has 0 saturated carbocycles. The summed E-state index contributed by atoms with van der Waals surface area (Å²) in [5.74, 6) is 1.31. The molecule has 4 rings (SSSR count). The van der Waals surface area contributed by atoms with Crippen molar-refractivity contribution < 1.29 is 14.3 Å². The zero-order chi connectivity index (χ0) is 21.1. The monoisotopic (exact) mass is 425 g/mol. The molecule has 2 aromatic rings. The van der Waals surface area contributed by atoms with Crippen LogP contribution in [0.4, 0.5) is 16.2 Å². The third-order valence-corrected chi connectivity index (χ3v) is 7.40. The molecule has 0 aliphatic carbocycles. The third-order valence-electron chi connectivity index (χ3n) is 5.88. The fourth-order valence-electron chi connectivity index (χ4n) is 4.13. The molecule has 2 fully saturated rings. The van der Waals surface area contributed by atoms with E-state index >= 15 is 0 Å². The number of carbonyl (C=O) groups excluding carboxylic acids is 2. The molecule has 1 N–H and O–H groups in total.